The van der Waals surface area contributed by atoms with Crippen LogP contribution in [0.3, 0.4) is 0 Å². The second-order valence-electron chi connectivity index (χ2n) is 6.75. The van der Waals surface area contributed by atoms with Crippen molar-refractivity contribution in [2.24, 2.45) is 0 Å². The fourth-order valence-corrected chi connectivity index (χ4v) is 3.51. The summed E-state index contributed by atoms with van der Waals surface area (Å²) < 4.78 is 6.51. The Hall–Kier alpha value is -2.87. The molecule has 0 saturated carbocycles. The largest absolute Gasteiger partial charge is 0.479 e. The van der Waals surface area contributed by atoms with E-state index in [4.69, 9.17) is 4.74 Å². The lowest BCUT2D eigenvalue weighted by atomic mass is 10.1. The Kier molecular flexibility index (Phi) is 6.53. The molecule has 0 aromatic heterocycles. The number of carbonyl (C=O) groups is 3. The Bertz CT molecular complexity index is 947. The van der Waals surface area contributed by atoms with E-state index < -0.39 is 6.10 Å². The third kappa shape index (κ3) is 5.14. The number of aryl methyl sites for hydroxylation is 1. The second-order valence-corrected chi connectivity index (χ2v) is 7.67. The lowest BCUT2D eigenvalue weighted by Gasteiger charge is -2.32. The fourth-order valence-electron chi connectivity index (χ4n) is 3.03. The fraction of sp³-hybridized carbons (Fsp3) is 0.286. The molecule has 0 saturated heterocycles. The number of halogens is 1. The highest BCUT2D eigenvalue weighted by Gasteiger charge is 2.31. The predicted molar refractivity (Wildman–Crippen MR) is 114 cm³/mol. The van der Waals surface area contributed by atoms with Crippen LogP contribution in [0.5, 0.6) is 5.75 Å². The Morgan fingerprint density at radius 2 is 1.93 bits per heavy atom. The van der Waals surface area contributed by atoms with E-state index in [-0.39, 0.29) is 37.2 Å². The Morgan fingerprint density at radius 3 is 2.69 bits per heavy atom. The molecule has 2 N–H and O–H groups in total. The van der Waals surface area contributed by atoms with Gasteiger partial charge in [0, 0.05) is 23.1 Å². The SMILES string of the molecule is Cc1cc(Br)ccc1NC(=O)CNC(=O)CCN1C(=O)[C@@H](C)Oc2ccccc21. The van der Waals surface area contributed by atoms with Crippen molar-refractivity contribution in [2.75, 3.05) is 23.3 Å². The van der Waals surface area contributed by atoms with Gasteiger partial charge in [0.15, 0.2) is 6.10 Å². The normalized spacial score (nSPS) is 15.3. The van der Waals surface area contributed by atoms with Gasteiger partial charge in [0.1, 0.15) is 5.75 Å². The van der Waals surface area contributed by atoms with Crippen molar-refractivity contribution in [1.29, 1.82) is 0 Å². The first-order chi connectivity index (χ1) is 13.8. The van der Waals surface area contributed by atoms with Gasteiger partial charge in [-0.25, -0.2) is 0 Å². The Balaban J connectivity index is 1.51. The van der Waals surface area contributed by atoms with Gasteiger partial charge in [0.05, 0.1) is 12.2 Å². The molecule has 7 nitrogen and oxygen atoms in total. The van der Waals surface area contributed by atoms with E-state index in [1.54, 1.807) is 30.0 Å². The van der Waals surface area contributed by atoms with Crippen molar-refractivity contribution in [3.05, 3.63) is 52.5 Å². The van der Waals surface area contributed by atoms with Crippen molar-refractivity contribution < 1.29 is 19.1 Å². The monoisotopic (exact) mass is 459 g/mol. The summed E-state index contributed by atoms with van der Waals surface area (Å²) in [5, 5.41) is 5.36. The number of hydrogen-bond donors (Lipinski definition) is 2. The van der Waals surface area contributed by atoms with Gasteiger partial charge in [0.25, 0.3) is 5.91 Å². The molecule has 8 heteroatoms. The number of nitrogens with zero attached hydrogens (tertiary/aromatic N) is 1. The molecular weight excluding hydrogens is 438 g/mol. The molecule has 1 aliphatic rings. The van der Waals surface area contributed by atoms with E-state index in [1.165, 1.54) is 0 Å². The molecule has 1 aliphatic heterocycles. The van der Waals surface area contributed by atoms with Crippen LogP contribution in [0.4, 0.5) is 11.4 Å². The lowest BCUT2D eigenvalue weighted by Crippen LogP contribution is -2.46. The van der Waals surface area contributed by atoms with E-state index in [2.05, 4.69) is 26.6 Å². The minimum Gasteiger partial charge on any atom is -0.479 e. The van der Waals surface area contributed by atoms with Crippen molar-refractivity contribution in [3.63, 3.8) is 0 Å². The smallest absolute Gasteiger partial charge is 0.267 e. The zero-order valence-electron chi connectivity index (χ0n) is 16.2. The highest BCUT2D eigenvalue weighted by molar-refractivity contribution is 9.10. The van der Waals surface area contributed by atoms with Gasteiger partial charge in [0.2, 0.25) is 11.8 Å². The van der Waals surface area contributed by atoms with Gasteiger partial charge in [-0.1, -0.05) is 28.1 Å². The number of nitrogens with one attached hydrogen (secondary N) is 2. The van der Waals surface area contributed by atoms with Crippen LogP contribution < -0.4 is 20.3 Å². The minimum atomic E-state index is -0.604. The number of amides is 3. The second kappa shape index (κ2) is 9.09. The van der Waals surface area contributed by atoms with Crippen LogP contribution in [0.25, 0.3) is 0 Å². The number of benzene rings is 2. The average molecular weight is 460 g/mol. The maximum absolute atomic E-state index is 12.4. The van der Waals surface area contributed by atoms with Gasteiger partial charge < -0.3 is 20.3 Å². The van der Waals surface area contributed by atoms with Crippen molar-refractivity contribution in [2.45, 2.75) is 26.4 Å². The minimum absolute atomic E-state index is 0.0807. The van der Waals surface area contributed by atoms with Crippen molar-refractivity contribution >= 4 is 45.0 Å². The maximum Gasteiger partial charge on any atom is 0.267 e. The molecule has 3 rings (SSSR count). The summed E-state index contributed by atoms with van der Waals surface area (Å²) in [5.41, 5.74) is 2.25. The number of rotatable bonds is 6. The zero-order chi connectivity index (χ0) is 21.0. The summed E-state index contributed by atoms with van der Waals surface area (Å²) in [4.78, 5) is 38.3. The quantitative estimate of drug-likeness (QED) is 0.694. The van der Waals surface area contributed by atoms with E-state index in [0.717, 1.165) is 10.0 Å². The molecule has 0 spiro atoms. The number of carbonyl (C=O) groups excluding carboxylic acids is 3. The van der Waals surface area contributed by atoms with Crippen LogP contribution >= 0.6 is 15.9 Å². The maximum atomic E-state index is 12.4. The standard InChI is InChI=1S/C21H22BrN3O4/c1-13-11-15(22)7-8-16(13)24-20(27)12-23-19(26)9-10-25-17-5-3-4-6-18(17)29-14(2)21(25)28/h3-8,11,14H,9-10,12H2,1-2H3,(H,23,26)(H,24,27)/t14-/m1/s1. The Morgan fingerprint density at radius 1 is 1.17 bits per heavy atom. The molecule has 2 aromatic carbocycles. The molecule has 0 unspecified atom stereocenters. The van der Waals surface area contributed by atoms with Crippen LogP contribution in [0.2, 0.25) is 0 Å². The van der Waals surface area contributed by atoms with Crippen molar-refractivity contribution in [3.8, 4) is 5.75 Å². The summed E-state index contributed by atoms with van der Waals surface area (Å²) >= 11 is 3.37. The van der Waals surface area contributed by atoms with E-state index in [0.29, 0.717) is 17.1 Å². The summed E-state index contributed by atoms with van der Waals surface area (Å²) in [6, 6.07) is 12.7. The van der Waals surface area contributed by atoms with Crippen LogP contribution in [0.1, 0.15) is 18.9 Å². The van der Waals surface area contributed by atoms with Gasteiger partial charge in [-0.05, 0) is 49.7 Å². The molecular formula is C21H22BrN3O4. The molecule has 0 aliphatic carbocycles. The third-order valence-corrected chi connectivity index (χ3v) is 5.04. The highest BCUT2D eigenvalue weighted by Crippen LogP contribution is 2.33. The van der Waals surface area contributed by atoms with Gasteiger partial charge in [-0.2, -0.15) is 0 Å². The van der Waals surface area contributed by atoms with Crippen LogP contribution in [0.15, 0.2) is 46.9 Å². The Labute approximate surface area is 177 Å². The first-order valence-electron chi connectivity index (χ1n) is 9.25. The number of anilines is 2. The van der Waals surface area contributed by atoms with Crippen LogP contribution in [-0.2, 0) is 14.4 Å². The van der Waals surface area contributed by atoms with E-state index in [1.807, 2.05) is 31.2 Å². The summed E-state index contributed by atoms with van der Waals surface area (Å²) in [6.07, 6.45) is -0.523. The molecule has 29 heavy (non-hydrogen) atoms. The first kappa shape index (κ1) is 20.9. The van der Waals surface area contributed by atoms with Gasteiger partial charge in [-0.3, -0.25) is 14.4 Å². The molecule has 2 aromatic rings. The van der Waals surface area contributed by atoms with E-state index >= 15 is 0 Å². The highest BCUT2D eigenvalue weighted by atomic mass is 79.9. The third-order valence-electron chi connectivity index (χ3n) is 4.54. The van der Waals surface area contributed by atoms with Gasteiger partial charge >= 0.3 is 0 Å². The lowest BCUT2D eigenvalue weighted by molar-refractivity contribution is -0.126. The zero-order valence-corrected chi connectivity index (χ0v) is 17.8. The topological polar surface area (TPSA) is 87.7 Å². The molecule has 152 valence electrons. The van der Waals surface area contributed by atoms with Crippen LogP contribution in [-0.4, -0.2) is 36.9 Å². The summed E-state index contributed by atoms with van der Waals surface area (Å²) in [6.45, 7) is 3.64. The number of hydrogen-bond acceptors (Lipinski definition) is 4. The van der Waals surface area contributed by atoms with Crippen LogP contribution in [0, 0.1) is 6.92 Å². The molecule has 0 bridgehead atoms. The predicted octanol–water partition coefficient (Wildman–Crippen LogP) is 3.02. The molecule has 1 heterocycles. The number of para-hydroxylation sites is 2. The number of fused-ring (bicyclic) bond motifs is 1. The number of ether oxygens (including phenoxy) is 1. The van der Waals surface area contributed by atoms with E-state index in [9.17, 15) is 14.4 Å². The molecule has 3 amide bonds. The van der Waals surface area contributed by atoms with Gasteiger partial charge in [-0.15, -0.1) is 0 Å². The molecule has 0 fully saturated rings. The van der Waals surface area contributed by atoms with Crippen molar-refractivity contribution in [1.82, 2.24) is 5.32 Å². The molecule has 1 atom stereocenters. The molecule has 0 radical (unpaired) electrons. The first-order valence-corrected chi connectivity index (χ1v) is 10.0. The summed E-state index contributed by atoms with van der Waals surface area (Å²) in [7, 11) is 0. The summed E-state index contributed by atoms with van der Waals surface area (Å²) in [5.74, 6) is -0.202. The average Bonchev–Trinajstić information content (AvgIpc) is 2.69.